The smallest absolute Gasteiger partial charge is 0.187 e. The number of halogens is 1. The number of hydrogen-bond donors (Lipinski definition) is 0. The number of benzene rings is 1. The summed E-state index contributed by atoms with van der Waals surface area (Å²) < 4.78 is 13.9. The van der Waals surface area contributed by atoms with E-state index in [1.807, 2.05) is 36.8 Å². The van der Waals surface area contributed by atoms with Crippen molar-refractivity contribution >= 4 is 11.8 Å². The summed E-state index contributed by atoms with van der Waals surface area (Å²) in [5.41, 5.74) is 4.68. The number of pyridine rings is 1. The minimum absolute atomic E-state index is 0.245. The first-order valence-corrected chi connectivity index (χ1v) is 9.76. The molecule has 1 aromatic carbocycles. The van der Waals surface area contributed by atoms with Gasteiger partial charge in [0, 0.05) is 49.6 Å². The highest BCUT2D eigenvalue weighted by molar-refractivity contribution is 7.98. The van der Waals surface area contributed by atoms with Gasteiger partial charge in [0.25, 0.3) is 0 Å². The maximum Gasteiger partial charge on any atom is 0.187 e. The van der Waals surface area contributed by atoms with Crippen LogP contribution in [0.1, 0.15) is 16.8 Å². The molecule has 0 saturated carbocycles. The minimum Gasteiger partial charge on any atom is -0.294 e. The van der Waals surface area contributed by atoms with Crippen LogP contribution in [0.4, 0.5) is 4.39 Å². The molecule has 0 N–H and O–H groups in total. The van der Waals surface area contributed by atoms with Gasteiger partial charge in [-0.15, -0.1) is 0 Å². The second-order valence-electron chi connectivity index (χ2n) is 6.32. The SMILES string of the molecule is CSc1ncc2c(n1)CCN(Cc1ccc(-c3ccccc3F)nc1)C2. The van der Waals surface area contributed by atoms with Gasteiger partial charge in [0.1, 0.15) is 5.82 Å². The quantitative estimate of drug-likeness (QED) is 0.516. The molecule has 0 saturated heterocycles. The van der Waals surface area contributed by atoms with Gasteiger partial charge in [-0.05, 0) is 30.0 Å². The Morgan fingerprint density at radius 3 is 2.77 bits per heavy atom. The summed E-state index contributed by atoms with van der Waals surface area (Å²) >= 11 is 1.57. The van der Waals surface area contributed by atoms with Crippen molar-refractivity contribution in [3.63, 3.8) is 0 Å². The van der Waals surface area contributed by atoms with Gasteiger partial charge in [-0.2, -0.15) is 0 Å². The largest absolute Gasteiger partial charge is 0.294 e. The lowest BCUT2D eigenvalue weighted by atomic mass is 10.1. The number of aromatic nitrogens is 3. The summed E-state index contributed by atoms with van der Waals surface area (Å²) in [6.07, 6.45) is 6.71. The minimum atomic E-state index is -0.245. The van der Waals surface area contributed by atoms with E-state index < -0.39 is 0 Å². The van der Waals surface area contributed by atoms with Crippen molar-refractivity contribution in [1.29, 1.82) is 0 Å². The van der Waals surface area contributed by atoms with Gasteiger partial charge >= 0.3 is 0 Å². The summed E-state index contributed by atoms with van der Waals surface area (Å²) in [7, 11) is 0. The molecule has 0 radical (unpaired) electrons. The summed E-state index contributed by atoms with van der Waals surface area (Å²) in [6, 6.07) is 10.6. The molecular formula is C20H19FN4S. The van der Waals surface area contributed by atoms with Crippen molar-refractivity contribution in [1.82, 2.24) is 19.9 Å². The topological polar surface area (TPSA) is 41.9 Å². The van der Waals surface area contributed by atoms with E-state index in [2.05, 4.69) is 19.9 Å². The Bertz CT molecular complexity index is 914. The lowest BCUT2D eigenvalue weighted by Crippen LogP contribution is -2.31. The van der Waals surface area contributed by atoms with Crippen LogP contribution in [0.25, 0.3) is 11.3 Å². The van der Waals surface area contributed by atoms with E-state index in [1.54, 1.807) is 23.9 Å². The predicted molar refractivity (Wildman–Crippen MR) is 101 cm³/mol. The first-order valence-electron chi connectivity index (χ1n) is 8.54. The van der Waals surface area contributed by atoms with Crippen LogP contribution in [-0.2, 0) is 19.5 Å². The van der Waals surface area contributed by atoms with Crippen molar-refractivity contribution < 1.29 is 4.39 Å². The molecule has 0 amide bonds. The number of rotatable bonds is 4. The van der Waals surface area contributed by atoms with Crippen LogP contribution in [0, 0.1) is 5.82 Å². The van der Waals surface area contributed by atoms with Crippen LogP contribution >= 0.6 is 11.8 Å². The third kappa shape index (κ3) is 3.61. The molecule has 4 nitrogen and oxygen atoms in total. The first kappa shape index (κ1) is 17.1. The standard InChI is InChI=1S/C20H19FN4S/c1-26-20-23-11-15-13-25(9-8-18(15)24-20)12-14-6-7-19(22-10-14)16-4-2-3-5-17(16)21/h2-7,10-11H,8-9,12-13H2,1H3. The molecule has 4 rings (SSSR count). The Morgan fingerprint density at radius 1 is 1.12 bits per heavy atom. The fourth-order valence-corrected chi connectivity index (χ4v) is 3.55. The molecule has 2 aromatic heterocycles. The van der Waals surface area contributed by atoms with E-state index in [0.717, 1.165) is 42.5 Å². The Labute approximate surface area is 156 Å². The highest BCUT2D eigenvalue weighted by atomic mass is 32.2. The van der Waals surface area contributed by atoms with E-state index in [-0.39, 0.29) is 5.82 Å². The van der Waals surface area contributed by atoms with Crippen LogP contribution in [-0.4, -0.2) is 32.7 Å². The average molecular weight is 366 g/mol. The van der Waals surface area contributed by atoms with Gasteiger partial charge in [0.2, 0.25) is 0 Å². The van der Waals surface area contributed by atoms with Gasteiger partial charge in [-0.25, -0.2) is 14.4 Å². The Morgan fingerprint density at radius 2 is 2.00 bits per heavy atom. The molecule has 0 bridgehead atoms. The molecule has 0 spiro atoms. The van der Waals surface area contributed by atoms with Crippen LogP contribution in [0.15, 0.2) is 53.9 Å². The van der Waals surface area contributed by atoms with Crippen molar-refractivity contribution in [2.75, 3.05) is 12.8 Å². The van der Waals surface area contributed by atoms with E-state index >= 15 is 0 Å². The van der Waals surface area contributed by atoms with Gasteiger partial charge in [0.15, 0.2) is 5.16 Å². The molecule has 3 heterocycles. The molecule has 3 aromatic rings. The summed E-state index contributed by atoms with van der Waals surface area (Å²) in [5.74, 6) is -0.245. The molecule has 0 unspecified atom stereocenters. The van der Waals surface area contributed by atoms with E-state index in [1.165, 1.54) is 11.6 Å². The van der Waals surface area contributed by atoms with Gasteiger partial charge in [-0.3, -0.25) is 9.88 Å². The fourth-order valence-electron chi connectivity index (χ4n) is 3.19. The summed E-state index contributed by atoms with van der Waals surface area (Å²) in [5, 5.41) is 0.838. The molecule has 6 heteroatoms. The maximum absolute atomic E-state index is 13.9. The van der Waals surface area contributed by atoms with E-state index in [0.29, 0.717) is 11.3 Å². The van der Waals surface area contributed by atoms with Crippen LogP contribution < -0.4 is 0 Å². The average Bonchev–Trinajstić information content (AvgIpc) is 2.69. The zero-order valence-corrected chi connectivity index (χ0v) is 15.3. The normalized spacial score (nSPS) is 14.2. The molecule has 1 aliphatic heterocycles. The molecule has 0 fully saturated rings. The molecule has 1 aliphatic rings. The van der Waals surface area contributed by atoms with Crippen LogP contribution in [0.3, 0.4) is 0 Å². The number of thioether (sulfide) groups is 1. The second kappa shape index (κ2) is 7.51. The molecular weight excluding hydrogens is 347 g/mol. The van der Waals surface area contributed by atoms with Crippen molar-refractivity contribution in [3.05, 3.63) is 71.4 Å². The van der Waals surface area contributed by atoms with Crippen molar-refractivity contribution in [2.45, 2.75) is 24.7 Å². The zero-order valence-electron chi connectivity index (χ0n) is 14.5. The number of fused-ring (bicyclic) bond motifs is 1. The van der Waals surface area contributed by atoms with Gasteiger partial charge in [0.05, 0.1) is 11.4 Å². The first-order chi connectivity index (χ1) is 12.7. The molecule has 0 aliphatic carbocycles. The molecule has 132 valence electrons. The van der Waals surface area contributed by atoms with Gasteiger partial charge < -0.3 is 0 Å². The number of hydrogen-bond acceptors (Lipinski definition) is 5. The summed E-state index contributed by atoms with van der Waals surface area (Å²) in [4.78, 5) is 15.8. The number of nitrogens with zero attached hydrogens (tertiary/aromatic N) is 4. The van der Waals surface area contributed by atoms with Crippen LogP contribution in [0.2, 0.25) is 0 Å². The van der Waals surface area contributed by atoms with Gasteiger partial charge in [-0.1, -0.05) is 30.0 Å². The lowest BCUT2D eigenvalue weighted by molar-refractivity contribution is 0.242. The highest BCUT2D eigenvalue weighted by Crippen LogP contribution is 2.23. The predicted octanol–water partition coefficient (Wildman–Crippen LogP) is 3.96. The summed E-state index contributed by atoms with van der Waals surface area (Å²) in [6.45, 7) is 2.63. The third-order valence-corrected chi connectivity index (χ3v) is 5.12. The van der Waals surface area contributed by atoms with Crippen molar-refractivity contribution in [3.8, 4) is 11.3 Å². The molecule has 26 heavy (non-hydrogen) atoms. The zero-order chi connectivity index (χ0) is 17.9. The monoisotopic (exact) mass is 366 g/mol. The Hall–Kier alpha value is -2.31. The van der Waals surface area contributed by atoms with Crippen LogP contribution in [0.5, 0.6) is 0 Å². The van der Waals surface area contributed by atoms with Crippen molar-refractivity contribution in [2.24, 2.45) is 0 Å². The Balaban J connectivity index is 1.46. The highest BCUT2D eigenvalue weighted by Gasteiger charge is 2.18. The second-order valence-corrected chi connectivity index (χ2v) is 7.09. The Kier molecular flexibility index (Phi) is 4.95. The van der Waals surface area contributed by atoms with E-state index in [4.69, 9.17) is 0 Å². The fraction of sp³-hybridized carbons (Fsp3) is 0.250. The third-order valence-electron chi connectivity index (χ3n) is 4.55. The lowest BCUT2D eigenvalue weighted by Gasteiger charge is -2.27. The molecule has 0 atom stereocenters. The maximum atomic E-state index is 13.9. The van der Waals surface area contributed by atoms with E-state index in [9.17, 15) is 4.39 Å².